The number of amides is 1. The Labute approximate surface area is 172 Å². The molecule has 3 heterocycles. The Balaban J connectivity index is 1.49. The number of carbonyl (C=O) groups is 1. The van der Waals surface area contributed by atoms with Crippen molar-refractivity contribution in [3.05, 3.63) is 29.6 Å². The van der Waals surface area contributed by atoms with Crippen LogP contribution in [0.1, 0.15) is 12.8 Å². The molecule has 1 amide bonds. The summed E-state index contributed by atoms with van der Waals surface area (Å²) < 4.78 is 36.1. The highest BCUT2D eigenvalue weighted by atomic mass is 32.2. The molecule has 154 valence electrons. The molecule has 1 atom stereocenters. The van der Waals surface area contributed by atoms with E-state index >= 15 is 0 Å². The Morgan fingerprint density at radius 3 is 3.00 bits per heavy atom. The molecule has 8 nitrogen and oxygen atoms in total. The number of nitrogens with zero attached hydrogens (tertiary/aromatic N) is 2. The van der Waals surface area contributed by atoms with Crippen LogP contribution in [0.5, 0.6) is 5.75 Å². The van der Waals surface area contributed by atoms with Crippen LogP contribution in [0.25, 0.3) is 22.4 Å². The van der Waals surface area contributed by atoms with Crippen molar-refractivity contribution in [2.45, 2.75) is 12.8 Å². The predicted octanol–water partition coefficient (Wildman–Crippen LogP) is 3.18. The zero-order chi connectivity index (χ0) is 20.6. The van der Waals surface area contributed by atoms with Crippen molar-refractivity contribution in [1.82, 2.24) is 9.29 Å². The maximum atomic E-state index is 12.6. The van der Waals surface area contributed by atoms with Crippen molar-refractivity contribution < 1.29 is 22.4 Å². The first-order valence-corrected chi connectivity index (χ1v) is 11.9. The molecule has 1 N–H and O–H groups in total. The maximum absolute atomic E-state index is 12.6. The number of nitrogens with one attached hydrogen (secondary N) is 1. The van der Waals surface area contributed by atoms with E-state index in [1.165, 1.54) is 21.9 Å². The molecule has 1 saturated heterocycles. The van der Waals surface area contributed by atoms with Crippen molar-refractivity contribution in [2.24, 2.45) is 5.92 Å². The maximum Gasteiger partial charge on any atom is 0.230 e. The Kier molecular flexibility index (Phi) is 5.32. The van der Waals surface area contributed by atoms with Crippen molar-refractivity contribution in [1.29, 1.82) is 0 Å². The largest absolute Gasteiger partial charge is 0.493 e. The molecule has 1 aliphatic rings. The summed E-state index contributed by atoms with van der Waals surface area (Å²) in [4.78, 5) is 17.1. The number of benzene rings is 1. The number of anilines is 1. The quantitative estimate of drug-likeness (QED) is 0.660. The molecular weight excluding hydrogens is 414 g/mol. The highest BCUT2D eigenvalue weighted by Crippen LogP contribution is 2.34. The number of methoxy groups -OCH3 is 1. The minimum Gasteiger partial charge on any atom is -0.493 e. The van der Waals surface area contributed by atoms with Gasteiger partial charge in [-0.2, -0.15) is 0 Å². The summed E-state index contributed by atoms with van der Waals surface area (Å²) in [7, 11) is -1.71. The Hall–Kier alpha value is -2.43. The molecule has 3 aromatic rings. The third-order valence-corrected chi connectivity index (χ3v) is 6.97. The van der Waals surface area contributed by atoms with E-state index in [9.17, 15) is 13.2 Å². The first-order valence-electron chi connectivity index (χ1n) is 9.13. The monoisotopic (exact) mass is 435 g/mol. The third kappa shape index (κ3) is 4.14. The standard InChI is InChI=1S/C19H21N3O5S2/c1-26-15-7-3-5-12-9-16(27-17(12)15)14-11-28-19(20-14)21-18(23)13-6-4-8-22(10-13)29(2,24)25/h3,5,7,9,11,13H,4,6,8,10H2,1-2H3,(H,20,21,23). The van der Waals surface area contributed by atoms with Crippen molar-refractivity contribution in [3.8, 4) is 17.2 Å². The normalized spacial score (nSPS) is 18.1. The van der Waals surface area contributed by atoms with Gasteiger partial charge in [-0.05, 0) is 25.0 Å². The molecule has 1 aliphatic heterocycles. The summed E-state index contributed by atoms with van der Waals surface area (Å²) >= 11 is 1.30. The van der Waals surface area contributed by atoms with Gasteiger partial charge in [-0.1, -0.05) is 12.1 Å². The van der Waals surface area contributed by atoms with E-state index in [1.807, 2.05) is 29.6 Å². The van der Waals surface area contributed by atoms with Crippen LogP contribution in [0.15, 0.2) is 34.1 Å². The van der Waals surface area contributed by atoms with E-state index in [-0.39, 0.29) is 18.4 Å². The Morgan fingerprint density at radius 2 is 2.24 bits per heavy atom. The van der Waals surface area contributed by atoms with Gasteiger partial charge in [0.15, 0.2) is 22.2 Å². The molecule has 1 unspecified atom stereocenters. The fourth-order valence-corrected chi connectivity index (χ4v) is 5.05. The molecule has 0 aliphatic carbocycles. The number of piperidine rings is 1. The molecule has 4 rings (SSSR count). The fourth-order valence-electron chi connectivity index (χ4n) is 3.43. The number of furan rings is 1. The minimum atomic E-state index is -3.30. The van der Waals surface area contributed by atoms with Crippen molar-refractivity contribution in [3.63, 3.8) is 0 Å². The molecule has 1 fully saturated rings. The Morgan fingerprint density at radius 1 is 1.41 bits per heavy atom. The molecule has 0 saturated carbocycles. The SMILES string of the molecule is COc1cccc2cc(-c3csc(NC(=O)C4CCCN(S(C)(=O)=O)C4)n3)oc12. The summed E-state index contributed by atoms with van der Waals surface area (Å²) in [6.07, 6.45) is 2.48. The van der Waals surface area contributed by atoms with Crippen LogP contribution in [0.3, 0.4) is 0 Å². The van der Waals surface area contributed by atoms with E-state index < -0.39 is 10.0 Å². The number of aromatic nitrogens is 1. The predicted molar refractivity (Wildman–Crippen MR) is 112 cm³/mol. The second kappa shape index (κ2) is 7.77. The van der Waals surface area contributed by atoms with Gasteiger partial charge < -0.3 is 14.5 Å². The summed E-state index contributed by atoms with van der Waals surface area (Å²) in [5, 5.41) is 5.98. The average molecular weight is 436 g/mol. The number of rotatable bonds is 5. The molecule has 29 heavy (non-hydrogen) atoms. The van der Waals surface area contributed by atoms with Gasteiger partial charge in [0.1, 0.15) is 5.69 Å². The van der Waals surface area contributed by atoms with Crippen LogP contribution in [0, 0.1) is 5.92 Å². The molecule has 1 aromatic carbocycles. The lowest BCUT2D eigenvalue weighted by atomic mass is 9.99. The second-order valence-corrected chi connectivity index (χ2v) is 9.82. The van der Waals surface area contributed by atoms with E-state index in [0.717, 1.165) is 5.39 Å². The molecule has 0 bridgehead atoms. The number of hydrogen-bond acceptors (Lipinski definition) is 7. The van der Waals surface area contributed by atoms with Crippen LogP contribution >= 0.6 is 11.3 Å². The van der Waals surface area contributed by atoms with Crippen LogP contribution in [0.2, 0.25) is 0 Å². The number of fused-ring (bicyclic) bond motifs is 1. The third-order valence-electron chi connectivity index (χ3n) is 4.94. The number of thiazole rings is 1. The molecule has 10 heteroatoms. The van der Waals surface area contributed by atoms with E-state index in [4.69, 9.17) is 9.15 Å². The van der Waals surface area contributed by atoms with Gasteiger partial charge in [0.25, 0.3) is 0 Å². The summed E-state index contributed by atoms with van der Waals surface area (Å²) in [5.41, 5.74) is 1.26. The fraction of sp³-hybridized carbons (Fsp3) is 0.368. The smallest absolute Gasteiger partial charge is 0.230 e. The number of ether oxygens (including phenoxy) is 1. The second-order valence-electron chi connectivity index (χ2n) is 6.98. The van der Waals surface area contributed by atoms with Gasteiger partial charge in [-0.15, -0.1) is 11.3 Å². The number of sulfonamides is 1. The van der Waals surface area contributed by atoms with Gasteiger partial charge >= 0.3 is 0 Å². The number of hydrogen-bond donors (Lipinski definition) is 1. The van der Waals surface area contributed by atoms with Crippen molar-refractivity contribution in [2.75, 3.05) is 31.8 Å². The summed E-state index contributed by atoms with van der Waals surface area (Å²) in [6.45, 7) is 0.659. The summed E-state index contributed by atoms with van der Waals surface area (Å²) in [5.74, 6) is 0.624. The molecule has 0 radical (unpaired) electrons. The first-order chi connectivity index (χ1) is 13.8. The van der Waals surface area contributed by atoms with Crippen LogP contribution in [-0.4, -0.2) is 50.1 Å². The average Bonchev–Trinajstić information content (AvgIpc) is 3.33. The molecule has 2 aromatic heterocycles. The number of para-hydroxylation sites is 1. The van der Waals surface area contributed by atoms with Crippen molar-refractivity contribution >= 4 is 43.4 Å². The highest BCUT2D eigenvalue weighted by molar-refractivity contribution is 7.88. The van der Waals surface area contributed by atoms with Crippen LogP contribution < -0.4 is 10.1 Å². The lowest BCUT2D eigenvalue weighted by Crippen LogP contribution is -2.43. The van der Waals surface area contributed by atoms with Gasteiger partial charge in [0.05, 0.1) is 19.3 Å². The van der Waals surface area contributed by atoms with E-state index in [1.54, 1.807) is 7.11 Å². The summed E-state index contributed by atoms with van der Waals surface area (Å²) in [6, 6.07) is 7.52. The Bertz CT molecular complexity index is 1150. The lowest BCUT2D eigenvalue weighted by Gasteiger charge is -2.29. The highest BCUT2D eigenvalue weighted by Gasteiger charge is 2.30. The van der Waals surface area contributed by atoms with Crippen LogP contribution in [-0.2, 0) is 14.8 Å². The lowest BCUT2D eigenvalue weighted by molar-refractivity contribution is -0.120. The van der Waals surface area contributed by atoms with E-state index in [0.29, 0.717) is 47.3 Å². The van der Waals surface area contributed by atoms with Crippen LogP contribution in [0.4, 0.5) is 5.13 Å². The molecular formula is C19H21N3O5S2. The van der Waals surface area contributed by atoms with Gasteiger partial charge in [-0.25, -0.2) is 17.7 Å². The zero-order valence-electron chi connectivity index (χ0n) is 16.0. The first kappa shape index (κ1) is 19.9. The van der Waals surface area contributed by atoms with Gasteiger partial charge in [0, 0.05) is 23.9 Å². The minimum absolute atomic E-state index is 0.201. The zero-order valence-corrected chi connectivity index (χ0v) is 17.7. The molecule has 0 spiro atoms. The topological polar surface area (TPSA) is 102 Å². The van der Waals surface area contributed by atoms with Gasteiger partial charge in [-0.3, -0.25) is 4.79 Å². The number of carbonyl (C=O) groups excluding carboxylic acids is 1. The van der Waals surface area contributed by atoms with Gasteiger partial charge in [0.2, 0.25) is 15.9 Å². The van der Waals surface area contributed by atoms with E-state index in [2.05, 4.69) is 10.3 Å².